The fourth-order valence-corrected chi connectivity index (χ4v) is 3.79. The number of phenolic OH excluding ortho intramolecular Hbond substituents is 1. The Morgan fingerprint density at radius 1 is 1.28 bits per heavy atom. The number of hydrogen-bond donors (Lipinski definition) is 1. The second-order valence-corrected chi connectivity index (χ2v) is 6.80. The van der Waals surface area contributed by atoms with Crippen LogP contribution in [0.4, 0.5) is 0 Å². The van der Waals surface area contributed by atoms with Crippen LogP contribution in [0.25, 0.3) is 0 Å². The van der Waals surface area contributed by atoms with Gasteiger partial charge >= 0.3 is 0 Å². The molecule has 5 nitrogen and oxygen atoms in total. The van der Waals surface area contributed by atoms with Crippen LogP contribution >= 0.6 is 0 Å². The predicted octanol–water partition coefficient (Wildman–Crippen LogP) is 1.19. The van der Waals surface area contributed by atoms with E-state index in [1.54, 1.807) is 0 Å². The highest BCUT2D eigenvalue weighted by Crippen LogP contribution is 2.27. The Kier molecular flexibility index (Phi) is 3.35. The van der Waals surface area contributed by atoms with Gasteiger partial charge in [0.2, 0.25) is 10.0 Å². The zero-order chi connectivity index (χ0) is 13.4. The number of sulfonamides is 1. The third-order valence-electron chi connectivity index (χ3n) is 2.99. The Balaban J connectivity index is 2.38. The first kappa shape index (κ1) is 13.3. The average Bonchev–Trinajstić information content (AvgIpc) is 2.28. The van der Waals surface area contributed by atoms with Gasteiger partial charge in [0.25, 0.3) is 0 Å². The zero-order valence-electron chi connectivity index (χ0n) is 10.5. The van der Waals surface area contributed by atoms with E-state index in [0.717, 1.165) is 0 Å². The largest absolute Gasteiger partial charge is 0.508 e. The van der Waals surface area contributed by atoms with Crippen molar-refractivity contribution in [1.29, 1.82) is 0 Å². The topological polar surface area (TPSA) is 66.8 Å². The van der Waals surface area contributed by atoms with E-state index < -0.39 is 15.6 Å². The molecule has 0 saturated carbocycles. The molecule has 1 aliphatic heterocycles. The molecule has 0 radical (unpaired) electrons. The third-order valence-corrected chi connectivity index (χ3v) is 5.12. The fourth-order valence-electron chi connectivity index (χ4n) is 2.03. The monoisotopic (exact) mass is 271 g/mol. The highest BCUT2D eigenvalue weighted by Gasteiger charge is 2.39. The van der Waals surface area contributed by atoms with E-state index in [4.69, 9.17) is 4.74 Å². The van der Waals surface area contributed by atoms with Crippen LogP contribution in [0.3, 0.4) is 0 Å². The summed E-state index contributed by atoms with van der Waals surface area (Å²) in [7, 11) is -3.54. The van der Waals surface area contributed by atoms with Crippen molar-refractivity contribution >= 4 is 10.0 Å². The van der Waals surface area contributed by atoms with Crippen LogP contribution in [0, 0.1) is 0 Å². The van der Waals surface area contributed by atoms with Crippen LogP contribution in [0.2, 0.25) is 0 Å². The highest BCUT2D eigenvalue weighted by molar-refractivity contribution is 7.89. The van der Waals surface area contributed by atoms with Gasteiger partial charge in [0.15, 0.2) is 0 Å². The lowest BCUT2D eigenvalue weighted by atomic mass is 10.1. The van der Waals surface area contributed by atoms with E-state index in [2.05, 4.69) is 0 Å². The van der Waals surface area contributed by atoms with E-state index in [9.17, 15) is 13.5 Å². The molecule has 18 heavy (non-hydrogen) atoms. The molecule has 0 unspecified atom stereocenters. The van der Waals surface area contributed by atoms with Crippen LogP contribution in [-0.4, -0.2) is 43.1 Å². The van der Waals surface area contributed by atoms with Gasteiger partial charge in [-0.05, 0) is 38.1 Å². The van der Waals surface area contributed by atoms with Crippen LogP contribution in [0.15, 0.2) is 29.2 Å². The summed E-state index contributed by atoms with van der Waals surface area (Å²) in [4.78, 5) is 0.190. The average molecular weight is 271 g/mol. The third kappa shape index (κ3) is 2.36. The lowest BCUT2D eigenvalue weighted by molar-refractivity contribution is -0.00770. The van der Waals surface area contributed by atoms with E-state index >= 15 is 0 Å². The lowest BCUT2D eigenvalue weighted by Gasteiger charge is -2.40. The molecule has 6 heteroatoms. The number of morpholine rings is 1. The van der Waals surface area contributed by atoms with Crippen molar-refractivity contribution in [2.24, 2.45) is 0 Å². The van der Waals surface area contributed by atoms with Crippen molar-refractivity contribution in [1.82, 2.24) is 4.31 Å². The first-order valence-corrected chi connectivity index (χ1v) is 7.18. The molecule has 1 saturated heterocycles. The normalized spacial score (nSPS) is 20.8. The molecule has 1 aromatic carbocycles. The van der Waals surface area contributed by atoms with Crippen molar-refractivity contribution in [3.05, 3.63) is 24.3 Å². The molecule has 1 heterocycles. The Labute approximate surface area is 107 Å². The Bertz CT molecular complexity index is 522. The maximum Gasteiger partial charge on any atom is 0.243 e. The summed E-state index contributed by atoms with van der Waals surface area (Å²) in [6.07, 6.45) is 0. The maximum atomic E-state index is 12.5. The molecule has 0 aliphatic carbocycles. The molecule has 100 valence electrons. The number of hydrogen-bond acceptors (Lipinski definition) is 4. The second-order valence-electron chi connectivity index (χ2n) is 4.94. The first-order chi connectivity index (χ1) is 8.34. The summed E-state index contributed by atoms with van der Waals surface area (Å²) in [6.45, 7) is 4.80. The van der Waals surface area contributed by atoms with Crippen LogP contribution < -0.4 is 0 Å². The fraction of sp³-hybridized carbons (Fsp3) is 0.500. The van der Waals surface area contributed by atoms with Gasteiger partial charge in [-0.15, -0.1) is 0 Å². The highest BCUT2D eigenvalue weighted by atomic mass is 32.2. The summed E-state index contributed by atoms with van der Waals surface area (Å²) in [6, 6.07) is 5.58. The maximum absolute atomic E-state index is 12.5. The quantitative estimate of drug-likeness (QED) is 0.877. The van der Waals surface area contributed by atoms with Gasteiger partial charge in [-0.3, -0.25) is 0 Å². The summed E-state index contributed by atoms with van der Waals surface area (Å²) in [5.74, 6) is 0.0511. The molecule has 1 aliphatic rings. The van der Waals surface area contributed by atoms with E-state index in [1.807, 2.05) is 13.8 Å². The Hall–Kier alpha value is -1.11. The summed E-state index contributed by atoms with van der Waals surface area (Å²) in [5.41, 5.74) is -0.561. The molecule has 1 fully saturated rings. The van der Waals surface area contributed by atoms with Gasteiger partial charge in [-0.25, -0.2) is 8.42 Å². The molecule has 1 N–H and O–H groups in total. The second kappa shape index (κ2) is 4.53. The van der Waals surface area contributed by atoms with E-state index in [1.165, 1.54) is 28.6 Å². The minimum atomic E-state index is -3.54. The number of phenols is 1. The van der Waals surface area contributed by atoms with E-state index in [-0.39, 0.29) is 10.6 Å². The lowest BCUT2D eigenvalue weighted by Crippen LogP contribution is -2.55. The standard InChI is InChI=1S/C12H17NO4S/c1-12(2)9-17-8-7-13(12)18(15,16)11-5-3-10(14)4-6-11/h3-6,14H,7-9H2,1-2H3. The molecule has 0 aromatic heterocycles. The summed E-state index contributed by atoms with van der Waals surface area (Å²) >= 11 is 0. The van der Waals surface area contributed by atoms with Crippen molar-refractivity contribution in [2.75, 3.05) is 19.8 Å². The van der Waals surface area contributed by atoms with Crippen molar-refractivity contribution in [3.63, 3.8) is 0 Å². The summed E-state index contributed by atoms with van der Waals surface area (Å²) in [5, 5.41) is 9.21. The SMILES string of the molecule is CC1(C)COCCN1S(=O)(=O)c1ccc(O)cc1. The van der Waals surface area contributed by atoms with Gasteiger partial charge in [0, 0.05) is 6.54 Å². The van der Waals surface area contributed by atoms with Gasteiger partial charge in [0.05, 0.1) is 23.6 Å². The van der Waals surface area contributed by atoms with Crippen molar-refractivity contribution < 1.29 is 18.3 Å². The van der Waals surface area contributed by atoms with Gasteiger partial charge < -0.3 is 9.84 Å². The first-order valence-electron chi connectivity index (χ1n) is 5.74. The molecule has 0 amide bonds. The van der Waals surface area contributed by atoms with Gasteiger partial charge in [-0.1, -0.05) is 0 Å². The van der Waals surface area contributed by atoms with E-state index in [0.29, 0.717) is 19.8 Å². The van der Waals surface area contributed by atoms with Crippen molar-refractivity contribution in [3.8, 4) is 5.75 Å². The number of aromatic hydroxyl groups is 1. The minimum absolute atomic E-state index is 0.0511. The van der Waals surface area contributed by atoms with Crippen LogP contribution in [0.5, 0.6) is 5.75 Å². The molecule has 0 bridgehead atoms. The number of rotatable bonds is 2. The number of nitrogens with zero attached hydrogens (tertiary/aromatic N) is 1. The van der Waals surface area contributed by atoms with Gasteiger partial charge in [0.1, 0.15) is 5.75 Å². The minimum Gasteiger partial charge on any atom is -0.508 e. The van der Waals surface area contributed by atoms with Crippen LogP contribution in [-0.2, 0) is 14.8 Å². The van der Waals surface area contributed by atoms with Crippen LogP contribution in [0.1, 0.15) is 13.8 Å². The Morgan fingerprint density at radius 3 is 2.44 bits per heavy atom. The molecule has 0 atom stereocenters. The zero-order valence-corrected chi connectivity index (χ0v) is 11.3. The predicted molar refractivity (Wildman–Crippen MR) is 66.9 cm³/mol. The molecule has 0 spiro atoms. The molecular formula is C12H17NO4S. The number of ether oxygens (including phenoxy) is 1. The van der Waals surface area contributed by atoms with Crippen molar-refractivity contribution in [2.45, 2.75) is 24.3 Å². The Morgan fingerprint density at radius 2 is 1.89 bits per heavy atom. The smallest absolute Gasteiger partial charge is 0.243 e. The van der Waals surface area contributed by atoms with Gasteiger partial charge in [-0.2, -0.15) is 4.31 Å². The molecule has 1 aromatic rings. The molecule has 2 rings (SSSR count). The molecular weight excluding hydrogens is 254 g/mol. The summed E-state index contributed by atoms with van der Waals surface area (Å²) < 4.78 is 31.8. The number of benzene rings is 1.